The lowest BCUT2D eigenvalue weighted by molar-refractivity contribution is -0.128. The van der Waals surface area contributed by atoms with Gasteiger partial charge in [-0.25, -0.2) is 0 Å². The fourth-order valence-electron chi connectivity index (χ4n) is 3.09. The molecule has 0 saturated carbocycles. The molecule has 5 nitrogen and oxygen atoms in total. The highest BCUT2D eigenvalue weighted by Gasteiger charge is 2.32. The molecule has 0 aliphatic carbocycles. The Labute approximate surface area is 174 Å². The maximum absolute atomic E-state index is 12.4. The Balaban J connectivity index is 1.70. The second-order valence-electron chi connectivity index (χ2n) is 6.76. The minimum absolute atomic E-state index is 0.0601. The number of benzene rings is 2. The summed E-state index contributed by atoms with van der Waals surface area (Å²) in [6, 6.07) is 14.9. The molecule has 1 heterocycles. The largest absolute Gasteiger partial charge is 0.383 e. The zero-order valence-corrected chi connectivity index (χ0v) is 17.4. The van der Waals surface area contributed by atoms with Crippen LogP contribution in [0.2, 0.25) is 5.02 Å². The van der Waals surface area contributed by atoms with E-state index in [9.17, 15) is 9.59 Å². The van der Waals surface area contributed by atoms with Crippen molar-refractivity contribution in [1.82, 2.24) is 10.2 Å². The number of nitrogens with one attached hydrogen (secondary N) is 1. The molecule has 1 fully saturated rings. The zero-order chi connectivity index (χ0) is 20.1. The maximum Gasteiger partial charge on any atom is 0.251 e. The monoisotopic (exact) mass is 418 g/mol. The highest BCUT2D eigenvalue weighted by molar-refractivity contribution is 8.00. The van der Waals surface area contributed by atoms with Gasteiger partial charge in [0, 0.05) is 30.3 Å². The molecule has 2 atom stereocenters. The molecule has 148 valence electrons. The number of amides is 2. The van der Waals surface area contributed by atoms with Crippen molar-refractivity contribution < 1.29 is 14.3 Å². The van der Waals surface area contributed by atoms with Gasteiger partial charge in [0.25, 0.3) is 5.91 Å². The number of carbonyl (C=O) groups excluding carboxylic acids is 2. The average molecular weight is 419 g/mol. The summed E-state index contributed by atoms with van der Waals surface area (Å²) in [5, 5.41) is 3.51. The molecule has 0 aromatic heterocycles. The first-order valence-corrected chi connectivity index (χ1v) is 10.5. The van der Waals surface area contributed by atoms with Crippen LogP contribution in [0.3, 0.4) is 0 Å². The Bertz CT molecular complexity index is 827. The third-order valence-corrected chi connectivity index (χ3v) is 5.99. The Morgan fingerprint density at radius 1 is 1.25 bits per heavy atom. The van der Waals surface area contributed by atoms with Crippen molar-refractivity contribution in [3.63, 3.8) is 0 Å². The number of halogens is 1. The van der Waals surface area contributed by atoms with Crippen LogP contribution in [0.25, 0.3) is 0 Å². The minimum Gasteiger partial charge on any atom is -0.383 e. The lowest BCUT2D eigenvalue weighted by Gasteiger charge is -2.24. The molecule has 0 spiro atoms. The quantitative estimate of drug-likeness (QED) is 0.741. The maximum atomic E-state index is 12.4. The molecular weight excluding hydrogens is 396 g/mol. The van der Waals surface area contributed by atoms with Crippen LogP contribution in [0.15, 0.2) is 48.5 Å². The van der Waals surface area contributed by atoms with Crippen LogP contribution in [0.4, 0.5) is 0 Å². The molecular formula is C21H23ClN2O3S. The van der Waals surface area contributed by atoms with Gasteiger partial charge in [-0.15, -0.1) is 11.8 Å². The average Bonchev–Trinajstić information content (AvgIpc) is 3.04. The topological polar surface area (TPSA) is 58.6 Å². The van der Waals surface area contributed by atoms with Crippen molar-refractivity contribution in [3.05, 3.63) is 70.2 Å². The molecule has 2 aromatic rings. The van der Waals surface area contributed by atoms with Gasteiger partial charge in [-0.1, -0.05) is 35.9 Å². The molecule has 0 radical (unpaired) electrons. The van der Waals surface area contributed by atoms with Crippen molar-refractivity contribution in [2.45, 2.75) is 24.9 Å². The Morgan fingerprint density at radius 2 is 1.93 bits per heavy atom. The lowest BCUT2D eigenvalue weighted by Crippen LogP contribution is -2.35. The SMILES string of the molecule is COC[C@H](C)NC(=O)c1ccc([C@@H]2SCC(=O)N2Cc2ccc(Cl)cc2)cc1. The highest BCUT2D eigenvalue weighted by Crippen LogP contribution is 2.39. The first-order valence-electron chi connectivity index (χ1n) is 9.03. The number of hydrogen-bond acceptors (Lipinski definition) is 4. The van der Waals surface area contributed by atoms with Crippen LogP contribution in [-0.2, 0) is 16.1 Å². The Kier molecular flexibility index (Phi) is 6.99. The number of thioether (sulfide) groups is 1. The molecule has 3 rings (SSSR count). The number of methoxy groups -OCH3 is 1. The predicted octanol–water partition coefficient (Wildman–Crippen LogP) is 3.88. The molecule has 2 aromatic carbocycles. The molecule has 2 amide bonds. The fourth-order valence-corrected chi connectivity index (χ4v) is 4.40. The molecule has 1 aliphatic heterocycles. The number of rotatable bonds is 7. The summed E-state index contributed by atoms with van der Waals surface area (Å²) < 4.78 is 5.04. The van der Waals surface area contributed by atoms with Crippen molar-refractivity contribution in [3.8, 4) is 0 Å². The third-order valence-electron chi connectivity index (χ3n) is 4.49. The molecule has 7 heteroatoms. The van der Waals surface area contributed by atoms with E-state index in [-0.39, 0.29) is 23.2 Å². The first-order chi connectivity index (χ1) is 13.5. The van der Waals surface area contributed by atoms with E-state index in [2.05, 4.69) is 5.32 Å². The van der Waals surface area contributed by atoms with E-state index in [4.69, 9.17) is 16.3 Å². The van der Waals surface area contributed by atoms with E-state index in [1.165, 1.54) is 0 Å². The van der Waals surface area contributed by atoms with E-state index in [1.807, 2.05) is 48.2 Å². The third kappa shape index (κ3) is 5.07. The molecule has 0 bridgehead atoms. The zero-order valence-electron chi connectivity index (χ0n) is 15.9. The normalized spacial score (nSPS) is 17.6. The predicted molar refractivity (Wildman–Crippen MR) is 112 cm³/mol. The molecule has 28 heavy (non-hydrogen) atoms. The summed E-state index contributed by atoms with van der Waals surface area (Å²) in [5.74, 6) is 0.430. The van der Waals surface area contributed by atoms with Gasteiger partial charge in [-0.2, -0.15) is 0 Å². The number of carbonyl (C=O) groups is 2. The highest BCUT2D eigenvalue weighted by atomic mass is 35.5. The van der Waals surface area contributed by atoms with Crippen LogP contribution in [0.5, 0.6) is 0 Å². The summed E-state index contributed by atoms with van der Waals surface area (Å²) in [5.41, 5.74) is 2.63. The molecule has 0 unspecified atom stereocenters. The molecule has 1 saturated heterocycles. The second-order valence-corrected chi connectivity index (χ2v) is 8.27. The van der Waals surface area contributed by atoms with Crippen LogP contribution in [-0.4, -0.2) is 42.2 Å². The smallest absolute Gasteiger partial charge is 0.251 e. The van der Waals surface area contributed by atoms with Crippen LogP contribution in [0, 0.1) is 0 Å². The summed E-state index contributed by atoms with van der Waals surface area (Å²) >= 11 is 7.55. The van der Waals surface area contributed by atoms with E-state index in [0.717, 1.165) is 11.1 Å². The number of ether oxygens (including phenoxy) is 1. The molecule has 1 aliphatic rings. The van der Waals surface area contributed by atoms with E-state index >= 15 is 0 Å². The summed E-state index contributed by atoms with van der Waals surface area (Å²) in [7, 11) is 1.60. The number of nitrogens with zero attached hydrogens (tertiary/aromatic N) is 1. The van der Waals surface area contributed by atoms with Crippen molar-refractivity contribution in [1.29, 1.82) is 0 Å². The number of hydrogen-bond donors (Lipinski definition) is 1. The van der Waals surface area contributed by atoms with Crippen LogP contribution >= 0.6 is 23.4 Å². The Morgan fingerprint density at radius 3 is 2.57 bits per heavy atom. The summed E-state index contributed by atoms with van der Waals surface area (Å²) in [6.45, 7) is 2.89. The van der Waals surface area contributed by atoms with Crippen molar-refractivity contribution >= 4 is 35.2 Å². The Hall–Kier alpha value is -2.02. The lowest BCUT2D eigenvalue weighted by atomic mass is 10.1. The fraction of sp³-hybridized carbons (Fsp3) is 0.333. The van der Waals surface area contributed by atoms with Gasteiger partial charge < -0.3 is 15.0 Å². The van der Waals surface area contributed by atoms with Gasteiger partial charge in [0.05, 0.1) is 12.4 Å². The van der Waals surface area contributed by atoms with Gasteiger partial charge in [0.15, 0.2) is 0 Å². The van der Waals surface area contributed by atoms with Gasteiger partial charge in [-0.05, 0) is 42.3 Å². The summed E-state index contributed by atoms with van der Waals surface area (Å²) in [6.07, 6.45) is 0. The van der Waals surface area contributed by atoms with E-state index in [1.54, 1.807) is 31.0 Å². The first kappa shape index (κ1) is 20.7. The summed E-state index contributed by atoms with van der Waals surface area (Å²) in [4.78, 5) is 26.6. The van der Waals surface area contributed by atoms with Crippen molar-refractivity contribution in [2.24, 2.45) is 0 Å². The second kappa shape index (κ2) is 9.45. The van der Waals surface area contributed by atoms with E-state index in [0.29, 0.717) is 29.5 Å². The van der Waals surface area contributed by atoms with Crippen molar-refractivity contribution in [2.75, 3.05) is 19.5 Å². The van der Waals surface area contributed by atoms with Gasteiger partial charge in [-0.3, -0.25) is 9.59 Å². The van der Waals surface area contributed by atoms with Gasteiger partial charge in [0.2, 0.25) is 5.91 Å². The standard InChI is InChI=1S/C21H23ClN2O3S/c1-14(12-27-2)23-20(26)16-5-7-17(8-6-16)21-24(19(25)13-28-21)11-15-3-9-18(22)10-4-15/h3-10,14,21H,11-13H2,1-2H3,(H,23,26)/t14-,21-/m0/s1. The van der Waals surface area contributed by atoms with E-state index < -0.39 is 0 Å². The van der Waals surface area contributed by atoms with Gasteiger partial charge >= 0.3 is 0 Å². The van der Waals surface area contributed by atoms with Crippen LogP contribution < -0.4 is 5.32 Å². The minimum atomic E-state index is -0.135. The van der Waals surface area contributed by atoms with Crippen LogP contribution in [0.1, 0.15) is 33.8 Å². The molecule has 1 N–H and O–H groups in total. The van der Waals surface area contributed by atoms with Gasteiger partial charge in [0.1, 0.15) is 5.37 Å².